The molecule has 0 saturated carbocycles. The summed E-state index contributed by atoms with van der Waals surface area (Å²) in [5, 5.41) is 2.97. The number of carbonyl (C=O) groups is 1. The number of carbonyl (C=O) groups excluding carboxylic acids is 1. The molecule has 1 aromatic rings. The fourth-order valence-electron chi connectivity index (χ4n) is 2.18. The maximum absolute atomic E-state index is 12.1. The van der Waals surface area contributed by atoms with Crippen molar-refractivity contribution in [2.45, 2.75) is 52.9 Å². The Morgan fingerprint density at radius 3 is 2.74 bits per heavy atom. The van der Waals surface area contributed by atoms with E-state index in [0.717, 1.165) is 24.1 Å². The predicted octanol–water partition coefficient (Wildman–Crippen LogP) is 4.12. The van der Waals surface area contributed by atoms with Crippen LogP contribution >= 0.6 is 0 Å². The van der Waals surface area contributed by atoms with Gasteiger partial charge in [0.05, 0.1) is 0 Å². The highest BCUT2D eigenvalue weighted by atomic mass is 16.1. The lowest BCUT2D eigenvalue weighted by Gasteiger charge is -2.15. The highest BCUT2D eigenvalue weighted by Crippen LogP contribution is 2.21. The van der Waals surface area contributed by atoms with E-state index < -0.39 is 0 Å². The predicted molar refractivity (Wildman–Crippen MR) is 82.1 cm³/mol. The quantitative estimate of drug-likeness (QED) is 0.726. The smallest absolute Gasteiger partial charge is 0.224 e. The van der Waals surface area contributed by atoms with E-state index >= 15 is 0 Å². The van der Waals surface area contributed by atoms with Gasteiger partial charge in [-0.3, -0.25) is 4.79 Å². The summed E-state index contributed by atoms with van der Waals surface area (Å²) < 4.78 is 0. The number of nitrogens with two attached hydrogens (primary N) is 1. The molecule has 0 aliphatic carbocycles. The first-order valence-corrected chi connectivity index (χ1v) is 7.22. The number of aryl methyl sites for hydroxylation is 1. The number of nitrogens with one attached hydrogen (secondary N) is 1. The van der Waals surface area contributed by atoms with Crippen molar-refractivity contribution in [2.24, 2.45) is 5.92 Å². The standard InChI is InChI=1S/C16H26N2O/c1-4-6-7-13(5-2)10-16(19)18-15-11-14(17)9-8-12(15)3/h8-9,11,13H,4-7,10,17H2,1-3H3,(H,18,19). The Bertz CT molecular complexity index is 415. The molecule has 0 radical (unpaired) electrons. The topological polar surface area (TPSA) is 55.1 Å². The van der Waals surface area contributed by atoms with Crippen LogP contribution in [0.5, 0.6) is 0 Å². The monoisotopic (exact) mass is 262 g/mol. The van der Waals surface area contributed by atoms with Gasteiger partial charge in [0.25, 0.3) is 0 Å². The molecule has 1 aromatic carbocycles. The summed E-state index contributed by atoms with van der Waals surface area (Å²) in [6.45, 7) is 6.31. The summed E-state index contributed by atoms with van der Waals surface area (Å²) in [5.74, 6) is 0.581. The van der Waals surface area contributed by atoms with E-state index in [1.54, 1.807) is 0 Å². The molecule has 1 amide bonds. The van der Waals surface area contributed by atoms with Crippen molar-refractivity contribution in [2.75, 3.05) is 11.1 Å². The molecule has 0 saturated heterocycles. The Hall–Kier alpha value is -1.51. The minimum Gasteiger partial charge on any atom is -0.399 e. The molecule has 1 unspecified atom stereocenters. The van der Waals surface area contributed by atoms with Gasteiger partial charge in [-0.25, -0.2) is 0 Å². The second kappa shape index (κ2) is 7.82. The van der Waals surface area contributed by atoms with Gasteiger partial charge in [0.2, 0.25) is 5.91 Å². The van der Waals surface area contributed by atoms with E-state index in [0.29, 0.717) is 18.0 Å². The van der Waals surface area contributed by atoms with Crippen LogP contribution in [-0.4, -0.2) is 5.91 Å². The molecule has 1 rings (SSSR count). The Balaban J connectivity index is 2.56. The van der Waals surface area contributed by atoms with E-state index in [9.17, 15) is 4.79 Å². The van der Waals surface area contributed by atoms with Crippen LogP contribution in [0.4, 0.5) is 11.4 Å². The molecule has 0 fully saturated rings. The van der Waals surface area contributed by atoms with Crippen molar-refractivity contribution >= 4 is 17.3 Å². The molecule has 0 spiro atoms. The third kappa shape index (κ3) is 5.33. The molecule has 0 aliphatic rings. The maximum atomic E-state index is 12.1. The van der Waals surface area contributed by atoms with Gasteiger partial charge in [0, 0.05) is 17.8 Å². The van der Waals surface area contributed by atoms with Gasteiger partial charge in [-0.1, -0.05) is 39.2 Å². The summed E-state index contributed by atoms with van der Waals surface area (Å²) in [6.07, 6.45) is 5.18. The molecule has 1 atom stereocenters. The van der Waals surface area contributed by atoms with Gasteiger partial charge in [-0.15, -0.1) is 0 Å². The molecular formula is C16H26N2O. The number of rotatable bonds is 7. The van der Waals surface area contributed by atoms with Crippen LogP contribution in [0.25, 0.3) is 0 Å². The third-order valence-electron chi connectivity index (χ3n) is 3.55. The molecule has 3 N–H and O–H groups in total. The lowest BCUT2D eigenvalue weighted by molar-refractivity contribution is -0.117. The second-order valence-electron chi connectivity index (χ2n) is 5.24. The SMILES string of the molecule is CCCCC(CC)CC(=O)Nc1cc(N)ccc1C. The third-order valence-corrected chi connectivity index (χ3v) is 3.55. The number of nitrogen functional groups attached to an aromatic ring is 1. The minimum absolute atomic E-state index is 0.0941. The van der Waals surface area contributed by atoms with Gasteiger partial charge in [0.1, 0.15) is 0 Å². The van der Waals surface area contributed by atoms with Gasteiger partial charge in [-0.05, 0) is 37.0 Å². The van der Waals surface area contributed by atoms with Crippen molar-refractivity contribution in [3.63, 3.8) is 0 Å². The second-order valence-corrected chi connectivity index (χ2v) is 5.24. The number of hydrogen-bond acceptors (Lipinski definition) is 2. The molecule has 0 aromatic heterocycles. The number of amides is 1. The summed E-state index contributed by atoms with van der Waals surface area (Å²) >= 11 is 0. The van der Waals surface area contributed by atoms with Gasteiger partial charge < -0.3 is 11.1 Å². The van der Waals surface area contributed by atoms with Crippen LogP contribution in [0.2, 0.25) is 0 Å². The first-order chi connectivity index (χ1) is 9.06. The van der Waals surface area contributed by atoms with Crippen molar-refractivity contribution < 1.29 is 4.79 Å². The molecular weight excluding hydrogens is 236 g/mol. The van der Waals surface area contributed by atoms with Crippen LogP contribution in [0.3, 0.4) is 0 Å². The highest BCUT2D eigenvalue weighted by Gasteiger charge is 2.12. The van der Waals surface area contributed by atoms with Crippen molar-refractivity contribution in [3.05, 3.63) is 23.8 Å². The van der Waals surface area contributed by atoms with E-state index in [1.807, 2.05) is 25.1 Å². The summed E-state index contributed by atoms with van der Waals surface area (Å²) in [6, 6.07) is 5.60. The van der Waals surface area contributed by atoms with E-state index in [4.69, 9.17) is 5.73 Å². The minimum atomic E-state index is 0.0941. The average molecular weight is 262 g/mol. The summed E-state index contributed by atoms with van der Waals surface area (Å²) in [4.78, 5) is 12.1. The van der Waals surface area contributed by atoms with Crippen LogP contribution in [0.1, 0.15) is 51.5 Å². The lowest BCUT2D eigenvalue weighted by Crippen LogP contribution is -2.17. The fourth-order valence-corrected chi connectivity index (χ4v) is 2.18. The Kier molecular flexibility index (Phi) is 6.40. The van der Waals surface area contributed by atoms with Crippen LogP contribution < -0.4 is 11.1 Å². The molecule has 106 valence electrons. The molecule has 19 heavy (non-hydrogen) atoms. The molecule has 0 aliphatic heterocycles. The van der Waals surface area contributed by atoms with Gasteiger partial charge in [-0.2, -0.15) is 0 Å². The van der Waals surface area contributed by atoms with E-state index in [2.05, 4.69) is 19.2 Å². The largest absolute Gasteiger partial charge is 0.399 e. The molecule has 0 bridgehead atoms. The van der Waals surface area contributed by atoms with Crippen LogP contribution in [0, 0.1) is 12.8 Å². The van der Waals surface area contributed by atoms with Gasteiger partial charge >= 0.3 is 0 Å². The Morgan fingerprint density at radius 2 is 2.11 bits per heavy atom. The normalized spacial score (nSPS) is 12.2. The van der Waals surface area contributed by atoms with E-state index in [1.165, 1.54) is 12.8 Å². The van der Waals surface area contributed by atoms with Crippen molar-refractivity contribution in [3.8, 4) is 0 Å². The zero-order valence-electron chi connectivity index (χ0n) is 12.3. The number of benzene rings is 1. The summed E-state index contributed by atoms with van der Waals surface area (Å²) in [5.41, 5.74) is 8.30. The Labute approximate surface area is 116 Å². The maximum Gasteiger partial charge on any atom is 0.224 e. The highest BCUT2D eigenvalue weighted by molar-refractivity contribution is 5.92. The molecule has 0 heterocycles. The zero-order valence-corrected chi connectivity index (χ0v) is 12.3. The number of anilines is 2. The van der Waals surface area contributed by atoms with Gasteiger partial charge in [0.15, 0.2) is 0 Å². The number of unbranched alkanes of at least 4 members (excludes halogenated alkanes) is 1. The van der Waals surface area contributed by atoms with Crippen molar-refractivity contribution in [1.82, 2.24) is 0 Å². The fraction of sp³-hybridized carbons (Fsp3) is 0.562. The first kappa shape index (κ1) is 15.5. The zero-order chi connectivity index (χ0) is 14.3. The Morgan fingerprint density at radius 1 is 1.37 bits per heavy atom. The first-order valence-electron chi connectivity index (χ1n) is 7.22. The molecule has 3 heteroatoms. The number of hydrogen-bond donors (Lipinski definition) is 2. The van der Waals surface area contributed by atoms with E-state index in [-0.39, 0.29) is 5.91 Å². The van der Waals surface area contributed by atoms with Crippen molar-refractivity contribution in [1.29, 1.82) is 0 Å². The van der Waals surface area contributed by atoms with Crippen LogP contribution in [0.15, 0.2) is 18.2 Å². The molecule has 3 nitrogen and oxygen atoms in total. The van der Waals surface area contributed by atoms with Crippen LogP contribution in [-0.2, 0) is 4.79 Å². The average Bonchev–Trinajstić information content (AvgIpc) is 2.38. The lowest BCUT2D eigenvalue weighted by atomic mass is 9.95. The summed E-state index contributed by atoms with van der Waals surface area (Å²) in [7, 11) is 0.